The normalized spacial score (nSPS) is 14.0. The first-order valence-corrected chi connectivity index (χ1v) is 38.7. The van der Waals surface area contributed by atoms with Crippen LogP contribution in [0.5, 0.6) is 0 Å². The van der Waals surface area contributed by atoms with Crippen LogP contribution in [0.2, 0.25) is 118 Å². The first-order valence-electron chi connectivity index (χ1n) is 16.4. The molecule has 236 valence electrons. The van der Waals surface area contributed by atoms with Crippen molar-refractivity contribution in [2.75, 3.05) is 0 Å². The summed E-state index contributed by atoms with van der Waals surface area (Å²) in [6, 6.07) is 22.7. The molecule has 0 fully saturated rings. The van der Waals surface area contributed by atoms with Crippen molar-refractivity contribution in [3.8, 4) is 0 Å². The average molecular weight is 695 g/mol. The van der Waals surface area contributed by atoms with E-state index in [0.29, 0.717) is 0 Å². The van der Waals surface area contributed by atoms with Gasteiger partial charge in [0.1, 0.15) is 0 Å². The molecule has 0 bridgehead atoms. The van der Waals surface area contributed by atoms with Crippen LogP contribution in [0, 0.1) is 0 Å². The van der Waals surface area contributed by atoms with Crippen molar-refractivity contribution in [1.29, 1.82) is 0 Å². The second-order valence-electron chi connectivity index (χ2n) is 18.9. The molecule has 0 unspecified atom stereocenters. The van der Waals surface area contributed by atoms with E-state index in [2.05, 4.69) is 172 Å². The Bertz CT molecular complexity index is 1290. The summed E-state index contributed by atoms with van der Waals surface area (Å²) in [5.74, 6) is 0. The van der Waals surface area contributed by atoms with Gasteiger partial charge in [-0.2, -0.15) is 0 Å². The molecule has 0 aliphatic heterocycles. The highest BCUT2D eigenvalue weighted by molar-refractivity contribution is 7.81. The molecule has 0 aromatic heterocycles. The third-order valence-corrected chi connectivity index (χ3v) is 24.7. The first-order chi connectivity index (χ1) is 19.2. The van der Waals surface area contributed by atoms with E-state index < -0.39 is 56.4 Å². The van der Waals surface area contributed by atoms with Crippen molar-refractivity contribution < 1.29 is 0 Å². The predicted octanol–water partition coefficient (Wildman–Crippen LogP) is 6.72. The van der Waals surface area contributed by atoms with Crippen LogP contribution in [0.25, 0.3) is 0 Å². The lowest BCUT2D eigenvalue weighted by molar-refractivity contribution is 1.67. The van der Waals surface area contributed by atoms with Gasteiger partial charge in [-0.1, -0.05) is 204 Å². The average Bonchev–Trinajstić information content (AvgIpc) is 2.80. The smallest absolute Gasteiger partial charge is 0.0656 e. The van der Waals surface area contributed by atoms with Gasteiger partial charge in [0.2, 0.25) is 0 Å². The lowest BCUT2D eigenvalue weighted by Gasteiger charge is -2.39. The molecule has 0 radical (unpaired) electrons. The van der Waals surface area contributed by atoms with Crippen molar-refractivity contribution in [1.82, 2.24) is 0 Å². The summed E-state index contributed by atoms with van der Waals surface area (Å²) in [6.07, 6.45) is 0. The van der Waals surface area contributed by atoms with Crippen molar-refractivity contribution in [2.45, 2.75) is 118 Å². The summed E-state index contributed by atoms with van der Waals surface area (Å²) < 4.78 is 0. The molecule has 0 N–H and O–H groups in total. The third-order valence-electron chi connectivity index (χ3n) is 8.52. The summed E-state index contributed by atoms with van der Waals surface area (Å²) in [6.45, 7) is 46.6. The van der Waals surface area contributed by atoms with Crippen LogP contribution in [0.3, 0.4) is 0 Å². The van der Waals surface area contributed by atoms with E-state index in [4.69, 9.17) is 0 Å². The Morgan fingerprint density at radius 3 is 0.674 bits per heavy atom. The van der Waals surface area contributed by atoms with Gasteiger partial charge in [-0.05, 0) is 23.8 Å². The second-order valence-corrected chi connectivity index (χ2v) is 51.2. The molecule has 0 nitrogen and oxygen atoms in total. The van der Waals surface area contributed by atoms with Gasteiger partial charge < -0.3 is 0 Å². The maximum atomic E-state index is 2.61. The number of benzene rings is 3. The maximum Gasteiger partial charge on any atom is 0.0783 e. The van der Waals surface area contributed by atoms with Crippen LogP contribution in [-0.2, 0) is 0 Å². The molecule has 0 saturated carbocycles. The van der Waals surface area contributed by atoms with E-state index in [1.54, 1.807) is 47.0 Å². The predicted molar refractivity (Wildman–Crippen MR) is 223 cm³/mol. The number of hydrogen-bond acceptors (Lipinski definition) is 0. The van der Waals surface area contributed by atoms with Gasteiger partial charge in [0.15, 0.2) is 0 Å². The molecule has 7 heteroatoms. The fraction of sp³-hybridized carbons (Fsp3) is 0.500. The van der Waals surface area contributed by atoms with Gasteiger partial charge in [-0.25, -0.2) is 0 Å². The third kappa shape index (κ3) is 8.04. The van der Waals surface area contributed by atoms with Crippen molar-refractivity contribution in [2.24, 2.45) is 0 Å². The zero-order valence-electron chi connectivity index (χ0n) is 31.1. The second kappa shape index (κ2) is 12.2. The molecule has 0 amide bonds. The van der Waals surface area contributed by atoms with Gasteiger partial charge >= 0.3 is 0 Å². The van der Waals surface area contributed by atoms with E-state index in [9.17, 15) is 0 Å². The summed E-state index contributed by atoms with van der Waals surface area (Å²) in [5.41, 5.74) is 0. The van der Waals surface area contributed by atoms with Gasteiger partial charge in [0, 0.05) is 0 Å². The van der Waals surface area contributed by atoms with E-state index in [-0.39, 0.29) is 0 Å². The summed E-state index contributed by atoms with van der Waals surface area (Å²) in [7, 11) is -10.5. The Morgan fingerprint density at radius 2 is 0.512 bits per heavy atom. The molecule has 0 heterocycles. The minimum Gasteiger partial charge on any atom is -0.0656 e. The highest BCUT2D eigenvalue weighted by Gasteiger charge is 2.39. The first kappa shape index (κ1) is 36.9. The van der Waals surface area contributed by atoms with Gasteiger partial charge in [0.25, 0.3) is 0 Å². The molecule has 43 heavy (non-hydrogen) atoms. The Labute approximate surface area is 274 Å². The van der Waals surface area contributed by atoms with Crippen LogP contribution >= 0.6 is 7.92 Å². The lowest BCUT2D eigenvalue weighted by atomic mass is 10.3. The van der Waals surface area contributed by atoms with E-state index in [1.165, 1.54) is 0 Å². The van der Waals surface area contributed by atoms with Crippen molar-refractivity contribution in [3.63, 3.8) is 0 Å². The Balaban J connectivity index is 2.76. The fourth-order valence-electron chi connectivity index (χ4n) is 6.81. The Morgan fingerprint density at radius 1 is 0.302 bits per heavy atom. The molecular formula is C36H63PSi6. The SMILES string of the molecule is C[Si](C)(C)c1cccc(P(c2cccc([Si](C)(C)C)c2[Si](C)(C)C)c2cccc([Si](C)(C)C)c2[Si](C)(C)C)c1[Si](C)(C)C. The van der Waals surface area contributed by atoms with Crippen LogP contribution in [0.1, 0.15) is 0 Å². The highest BCUT2D eigenvalue weighted by Crippen LogP contribution is 2.34. The molecule has 0 aliphatic rings. The summed E-state index contributed by atoms with van der Waals surface area (Å²) in [5, 5.41) is 15.5. The molecule has 3 aromatic carbocycles. The van der Waals surface area contributed by atoms with Gasteiger partial charge in [-0.15, -0.1) is 0 Å². The maximum absolute atomic E-state index is 2.61. The van der Waals surface area contributed by atoms with Crippen LogP contribution in [0.4, 0.5) is 0 Å². The minimum absolute atomic E-state index is 0.720. The summed E-state index contributed by atoms with van der Waals surface area (Å²) in [4.78, 5) is 0. The van der Waals surface area contributed by atoms with Crippen LogP contribution < -0.4 is 47.0 Å². The summed E-state index contributed by atoms with van der Waals surface area (Å²) >= 11 is 0. The standard InChI is InChI=1S/C36H63PSi6/c1-38(2,3)31-25-19-22-28(34(31)41(10,11)12)37(29-23-20-26-32(39(4,5)6)35(29)42(13,14)15)30-24-21-27-33(40(7,8)9)36(30)43(16,17)18/h19-27H,1-18H3. The van der Waals surface area contributed by atoms with Gasteiger partial charge in [-0.3, -0.25) is 0 Å². The molecule has 3 rings (SSSR count). The van der Waals surface area contributed by atoms with Crippen molar-refractivity contribution in [3.05, 3.63) is 54.6 Å². The largest absolute Gasteiger partial charge is 0.0783 e. The zero-order valence-corrected chi connectivity index (χ0v) is 38.0. The Kier molecular flexibility index (Phi) is 10.5. The zero-order chi connectivity index (χ0) is 33.1. The molecular weight excluding hydrogens is 632 g/mol. The van der Waals surface area contributed by atoms with E-state index in [1.807, 2.05) is 0 Å². The van der Waals surface area contributed by atoms with Crippen molar-refractivity contribution >= 4 is 103 Å². The fourth-order valence-corrected chi connectivity index (χ4v) is 30.1. The molecule has 0 spiro atoms. The van der Waals surface area contributed by atoms with Crippen LogP contribution in [0.15, 0.2) is 54.6 Å². The molecule has 3 aromatic rings. The van der Waals surface area contributed by atoms with Gasteiger partial charge in [0.05, 0.1) is 48.4 Å². The number of hydrogen-bond donors (Lipinski definition) is 0. The lowest BCUT2D eigenvalue weighted by Crippen LogP contribution is -2.66. The number of rotatable bonds is 9. The highest BCUT2D eigenvalue weighted by atomic mass is 31.1. The Hall–Kier alpha value is -0.609. The van der Waals surface area contributed by atoms with E-state index >= 15 is 0 Å². The quantitative estimate of drug-likeness (QED) is 0.173. The topological polar surface area (TPSA) is 0 Å². The molecule has 0 saturated heterocycles. The molecule has 0 atom stereocenters. The molecule has 0 aliphatic carbocycles. The van der Waals surface area contributed by atoms with Crippen LogP contribution in [-0.4, -0.2) is 48.4 Å². The monoisotopic (exact) mass is 694 g/mol. The minimum atomic E-state index is -1.70. The van der Waals surface area contributed by atoms with E-state index in [0.717, 1.165) is 0 Å².